The largest absolute Gasteiger partial charge is 0.416 e. The first-order chi connectivity index (χ1) is 16.5. The Hall–Kier alpha value is -3.31. The first-order valence-corrected chi connectivity index (χ1v) is 11.2. The molecule has 4 rings (SSSR count). The number of aliphatic hydroxyl groups excluding tert-OH is 1. The van der Waals surface area contributed by atoms with Crippen LogP contribution >= 0.6 is 11.6 Å². The van der Waals surface area contributed by atoms with Crippen LogP contribution in [0.15, 0.2) is 42.9 Å². The highest BCUT2D eigenvalue weighted by molar-refractivity contribution is 6.31. The van der Waals surface area contributed by atoms with Crippen molar-refractivity contribution in [1.82, 2.24) is 25.3 Å². The maximum Gasteiger partial charge on any atom is 0.416 e. The summed E-state index contributed by atoms with van der Waals surface area (Å²) in [6, 6.07) is 4.45. The van der Waals surface area contributed by atoms with Gasteiger partial charge in [-0.2, -0.15) is 13.2 Å². The molecule has 1 aromatic carbocycles. The van der Waals surface area contributed by atoms with Crippen LogP contribution in [0.25, 0.3) is 11.1 Å². The lowest BCUT2D eigenvalue weighted by Gasteiger charge is -2.19. The Morgan fingerprint density at radius 1 is 1.14 bits per heavy atom. The number of anilines is 1. The Labute approximate surface area is 204 Å². The van der Waals surface area contributed by atoms with Gasteiger partial charge in [-0.3, -0.25) is 4.79 Å². The van der Waals surface area contributed by atoms with Gasteiger partial charge in [0.15, 0.2) is 0 Å². The van der Waals surface area contributed by atoms with Gasteiger partial charge in [0.05, 0.1) is 29.3 Å². The number of hydrogen-bond acceptors (Lipinski definition) is 7. The molecule has 2 aromatic heterocycles. The number of aliphatic hydroxyl groups is 1. The maximum absolute atomic E-state index is 13.1. The van der Waals surface area contributed by atoms with E-state index in [0.29, 0.717) is 23.6 Å². The Bertz CT molecular complexity index is 1220. The Balaban J connectivity index is 1.51. The minimum absolute atomic E-state index is 0.0419. The second-order valence-electron chi connectivity index (χ2n) is 8.35. The van der Waals surface area contributed by atoms with Crippen molar-refractivity contribution in [3.05, 3.63) is 65.0 Å². The minimum atomic E-state index is -4.53. The van der Waals surface area contributed by atoms with Crippen molar-refractivity contribution in [3.63, 3.8) is 0 Å². The predicted molar refractivity (Wildman–Crippen MR) is 122 cm³/mol. The number of hydrogen-bond donors (Lipinski definition) is 3. The van der Waals surface area contributed by atoms with E-state index in [2.05, 4.69) is 30.6 Å². The van der Waals surface area contributed by atoms with Crippen molar-refractivity contribution in [1.29, 1.82) is 0 Å². The van der Waals surface area contributed by atoms with Gasteiger partial charge in [0, 0.05) is 41.6 Å². The number of halogens is 4. The molecule has 12 heteroatoms. The first kappa shape index (κ1) is 24.8. The highest BCUT2D eigenvalue weighted by Gasteiger charge is 2.39. The normalized spacial score (nSPS) is 19.8. The highest BCUT2D eigenvalue weighted by atomic mass is 35.5. The van der Waals surface area contributed by atoms with Gasteiger partial charge >= 0.3 is 6.18 Å². The van der Waals surface area contributed by atoms with Gasteiger partial charge in [-0.15, -0.1) is 0 Å². The van der Waals surface area contributed by atoms with Crippen LogP contribution in [0.4, 0.5) is 19.1 Å². The summed E-state index contributed by atoms with van der Waals surface area (Å²) in [7, 11) is 0. The Morgan fingerprint density at radius 3 is 2.51 bits per heavy atom. The Kier molecular flexibility index (Phi) is 6.91. The van der Waals surface area contributed by atoms with Crippen LogP contribution in [0.2, 0.25) is 5.02 Å². The number of alkyl halides is 3. The van der Waals surface area contributed by atoms with Crippen molar-refractivity contribution in [2.24, 2.45) is 5.92 Å². The van der Waals surface area contributed by atoms with Crippen molar-refractivity contribution in [3.8, 4) is 11.1 Å². The summed E-state index contributed by atoms with van der Waals surface area (Å²) in [6.07, 6.45) is -0.868. The molecule has 1 unspecified atom stereocenters. The number of nitrogens with one attached hydrogen (secondary N) is 2. The van der Waals surface area contributed by atoms with Crippen LogP contribution in [0.5, 0.6) is 0 Å². The molecule has 4 atom stereocenters. The van der Waals surface area contributed by atoms with Gasteiger partial charge in [-0.05, 0) is 43.7 Å². The standard InChI is InChI=1S/C23H22ClF3N6O2/c1-11(32-22-28-4-3-18(33-22)19-17(12(2)34)10-31-21(19)35)20-29-8-14(9-30-20)13-5-15(23(25,26)27)7-16(24)6-13/h3-9,11-12,17,19,34H,10H2,1-2H3,(H,31,35)(H,28,32,33)/t11-,12+,17?,19+/m0/s1. The molecular weight excluding hydrogens is 485 g/mol. The van der Waals surface area contributed by atoms with Gasteiger partial charge in [0.1, 0.15) is 5.82 Å². The summed E-state index contributed by atoms with van der Waals surface area (Å²) in [6.45, 7) is 3.77. The van der Waals surface area contributed by atoms with Crippen LogP contribution in [0.1, 0.15) is 42.9 Å². The third-order valence-corrected chi connectivity index (χ3v) is 6.02. The zero-order valence-corrected chi connectivity index (χ0v) is 19.5. The van der Waals surface area contributed by atoms with Crippen molar-refractivity contribution >= 4 is 23.5 Å². The molecule has 8 nitrogen and oxygen atoms in total. The molecule has 0 radical (unpaired) electrons. The molecule has 0 spiro atoms. The maximum atomic E-state index is 13.1. The molecule has 0 bridgehead atoms. The van der Waals surface area contributed by atoms with Gasteiger partial charge < -0.3 is 15.7 Å². The Morgan fingerprint density at radius 2 is 1.86 bits per heavy atom. The van der Waals surface area contributed by atoms with E-state index in [-0.39, 0.29) is 28.4 Å². The minimum Gasteiger partial charge on any atom is -0.393 e. The van der Waals surface area contributed by atoms with Gasteiger partial charge in [0.2, 0.25) is 11.9 Å². The molecule has 35 heavy (non-hydrogen) atoms. The van der Waals surface area contributed by atoms with Gasteiger partial charge in [-0.25, -0.2) is 19.9 Å². The fourth-order valence-corrected chi connectivity index (χ4v) is 4.18. The number of carbonyl (C=O) groups excluding carboxylic acids is 1. The highest BCUT2D eigenvalue weighted by Crippen LogP contribution is 2.35. The van der Waals surface area contributed by atoms with E-state index in [9.17, 15) is 23.1 Å². The van der Waals surface area contributed by atoms with Crippen LogP contribution in [-0.2, 0) is 11.0 Å². The molecule has 1 amide bonds. The van der Waals surface area contributed by atoms with E-state index in [1.165, 1.54) is 24.7 Å². The van der Waals surface area contributed by atoms with Crippen LogP contribution < -0.4 is 10.6 Å². The quantitative estimate of drug-likeness (QED) is 0.463. The van der Waals surface area contributed by atoms with Crippen LogP contribution in [0, 0.1) is 5.92 Å². The van der Waals surface area contributed by atoms with E-state index < -0.39 is 29.8 Å². The number of rotatable bonds is 6. The fraction of sp³-hybridized carbons (Fsp3) is 0.348. The smallest absolute Gasteiger partial charge is 0.393 e. The summed E-state index contributed by atoms with van der Waals surface area (Å²) in [5.41, 5.74) is 0.248. The van der Waals surface area contributed by atoms with Crippen LogP contribution in [0.3, 0.4) is 0 Å². The first-order valence-electron chi connectivity index (χ1n) is 10.8. The average Bonchev–Trinajstić information content (AvgIpc) is 3.20. The molecule has 1 saturated heterocycles. The molecule has 1 aliphatic heterocycles. The van der Waals surface area contributed by atoms with Crippen molar-refractivity contribution < 1.29 is 23.1 Å². The number of aromatic nitrogens is 4. The molecule has 184 valence electrons. The monoisotopic (exact) mass is 506 g/mol. The molecule has 1 aliphatic rings. The lowest BCUT2D eigenvalue weighted by molar-refractivity contribution is -0.137. The summed E-state index contributed by atoms with van der Waals surface area (Å²) in [5.74, 6) is -0.494. The molecule has 3 heterocycles. The third-order valence-electron chi connectivity index (χ3n) is 5.80. The van der Waals surface area contributed by atoms with E-state index >= 15 is 0 Å². The number of benzene rings is 1. The number of carbonyl (C=O) groups is 1. The second-order valence-corrected chi connectivity index (χ2v) is 8.79. The molecule has 0 saturated carbocycles. The zero-order valence-electron chi connectivity index (χ0n) is 18.7. The molecule has 0 aliphatic carbocycles. The van der Waals surface area contributed by atoms with Gasteiger partial charge in [0.25, 0.3) is 0 Å². The van der Waals surface area contributed by atoms with Crippen molar-refractivity contribution in [2.45, 2.75) is 38.1 Å². The third kappa shape index (κ3) is 5.51. The summed E-state index contributed by atoms with van der Waals surface area (Å²) in [4.78, 5) is 29.5. The number of amides is 1. The molecule has 3 N–H and O–H groups in total. The lowest BCUT2D eigenvalue weighted by atomic mass is 9.88. The predicted octanol–water partition coefficient (Wildman–Crippen LogP) is 3.99. The van der Waals surface area contributed by atoms with E-state index in [1.54, 1.807) is 19.9 Å². The van der Waals surface area contributed by atoms with E-state index in [1.807, 2.05) is 0 Å². The summed E-state index contributed by atoms with van der Waals surface area (Å²) in [5, 5.41) is 15.8. The second kappa shape index (κ2) is 9.74. The molecule has 1 fully saturated rings. The zero-order chi connectivity index (χ0) is 25.3. The average molecular weight is 507 g/mol. The lowest BCUT2D eigenvalue weighted by Crippen LogP contribution is -2.25. The molecular formula is C23H22ClF3N6O2. The summed E-state index contributed by atoms with van der Waals surface area (Å²) >= 11 is 5.87. The number of nitrogens with zero attached hydrogens (tertiary/aromatic N) is 4. The summed E-state index contributed by atoms with van der Waals surface area (Å²) < 4.78 is 39.3. The van der Waals surface area contributed by atoms with Crippen LogP contribution in [-0.4, -0.2) is 43.6 Å². The van der Waals surface area contributed by atoms with Gasteiger partial charge in [-0.1, -0.05) is 11.6 Å². The van der Waals surface area contributed by atoms with Crippen molar-refractivity contribution in [2.75, 3.05) is 11.9 Å². The topological polar surface area (TPSA) is 113 Å². The van der Waals surface area contributed by atoms with E-state index in [0.717, 1.165) is 12.1 Å². The van der Waals surface area contributed by atoms with E-state index in [4.69, 9.17) is 11.6 Å². The SMILES string of the molecule is C[C@H](Nc1nccc([C@@H]2C(=O)NCC2[C@@H](C)O)n1)c1ncc(-c2cc(Cl)cc(C(F)(F)F)c2)cn1. The molecule has 3 aromatic rings. The fourth-order valence-electron chi connectivity index (χ4n) is 3.95.